The SMILES string of the molecule is C.C.C.C.C.CO.C[C@@H](N)c1ccccc1.C[C@@H](NC(CCC(F)(F)F)C(N)=O)c1ccccc1.C[C@@H](N[C@H](CCC(F)(F)F)C(N)=O)c1ccccc1.Cl.Cl.ClCCl.II.I[I-]I.NC(=O)[C@@H](CCC(F)(F)F)NS(=O)(=O)c1ccc(Cl)cc1.NC(=O)[C@H](N)CCC(F)(F)F.O=CCCC(F)(F)F.O=S(=O)(Cl)c1ccc(Cl)cc1.O=S(=O)(O)O.[C-]#N.[C-]#[N+]C(CCC(F)(F)F)N[C@H](C)c1ccccc1.[I][V]([I])[I].[Na+]. The first-order valence-electron chi connectivity index (χ1n) is 36.9. The molecule has 0 aromatic heterocycles. The number of aliphatic hydroxyl groups is 1. The van der Waals surface area contributed by atoms with Crippen LogP contribution in [0.3, 0.4) is 0 Å². The molecule has 0 heterocycles. The summed E-state index contributed by atoms with van der Waals surface area (Å²) in [6.07, 6.45) is -35.3. The second-order valence-electron chi connectivity index (χ2n) is 25.5. The molecule has 19 N–H and O–H groups in total. The predicted molar refractivity (Wildman–Crippen MR) is 594 cm³/mol. The van der Waals surface area contributed by atoms with Crippen LogP contribution in [-0.2, 0) is 58.4 Å². The van der Waals surface area contributed by atoms with Crippen molar-refractivity contribution in [2.45, 2.75) is 243 Å². The molecule has 145 heavy (non-hydrogen) atoms. The van der Waals surface area contributed by atoms with Crippen LogP contribution in [0.5, 0.6) is 0 Å². The van der Waals surface area contributed by atoms with E-state index < -0.39 is 178 Å². The summed E-state index contributed by atoms with van der Waals surface area (Å²) in [5, 5.41) is 22.8. The number of carbonyl (C=O) groups excluding carboxylic acids is 5. The summed E-state index contributed by atoms with van der Waals surface area (Å²) in [4.78, 5) is 55.7. The zero-order valence-electron chi connectivity index (χ0n) is 73.5. The summed E-state index contributed by atoms with van der Waals surface area (Å²) >= 11 is 37.6. The van der Waals surface area contributed by atoms with Gasteiger partial charge in [-0.25, -0.2) is 28.7 Å². The first kappa shape index (κ1) is 183. The molecule has 6 rings (SSSR count). The number of nitrogens with two attached hydrogens (primary N) is 6. The van der Waals surface area contributed by atoms with E-state index in [2.05, 4.69) is 161 Å². The van der Waals surface area contributed by atoms with Crippen molar-refractivity contribution in [3.63, 3.8) is 0 Å². The Bertz CT molecular complexity index is 4480. The van der Waals surface area contributed by atoms with Crippen molar-refractivity contribution in [3.05, 3.63) is 220 Å². The van der Waals surface area contributed by atoms with E-state index in [1.165, 1.54) is 42.0 Å². The molecule has 0 aliphatic rings. The van der Waals surface area contributed by atoms with E-state index in [1.807, 2.05) is 140 Å². The Hall–Kier alpha value is -0.466. The van der Waals surface area contributed by atoms with Crippen molar-refractivity contribution in [1.82, 2.24) is 20.7 Å². The number of sulfonamides is 1. The topological polar surface area (TPSA) is 481 Å². The molecule has 0 aliphatic carbocycles. The van der Waals surface area contributed by atoms with Gasteiger partial charge in [-0.2, -0.15) is 92.2 Å². The molecule has 0 saturated heterocycles. The van der Waals surface area contributed by atoms with Crippen molar-refractivity contribution in [1.29, 1.82) is 5.26 Å². The Morgan fingerprint density at radius 2 is 0.676 bits per heavy atom. The Morgan fingerprint density at radius 3 is 0.876 bits per heavy atom. The monoisotopic (exact) mass is 3260 g/mol. The standard InChI is InChI=1S/2C13H17F3N2O.C13H15F3N2.C11H12ClF3N2O3S.C8H11N.C6H4Cl2O2S.C5H9F3N2O.C4H5F3O.CH2Cl2.CN.CH4O.5CH4.2ClH.I3.I2.3HI.Na.H2O4S.V/c2*1-9(10-5-3-2-4-6-10)18-11(12(17)19)7-8-13(14,15)16;1-10(11-6-4-3-5-7-11)18-12(17-2)8-9-13(14,15)16;12-7-1-3-8(4-2-7)21(19,20)17-9(10(16)18)5-6-11(13,14)15;1-7(9)8-5-3-2-4-6-8;7-5-1-3-6(4-2-5)11(8,9)10;6-5(7,8)2-1-3(9)4(10)11;5-4(6,7)2-1-3-8;2-1-3;2*1-2;;;;;;;;1-3-2;1-2;;;;;1-5(2,3)4;/h2*2-6,9,11,18H,7-8H2,1H3,(H2,17,19);3-7,10,12,18H,8-9H2,1H3;1-4,9,17H,5-6H2,(H2,16,18);2-7H,9H2,1H3;1-4H;3H,1-2,9H2,(H2,10,11);3H,1-2H2;1H2;;2H,1H3;5*1H4;2*1H;;;3*1H;;(H2,1,2,3,4);/q;;;;;;;;;-1;;;;;;;;;-1;;;;;+1;;+3/p-3/t9-,11?;9-,11-;10-,12?;9-;7-;;3-;;;;;;;;;;;;;;;;;;;/m11111.1.................../s1. The van der Waals surface area contributed by atoms with Crippen LogP contribution in [-0.4, -0.2) is 149 Å². The molecule has 4 amide bonds. The normalized spacial score (nSPS) is 12.2. The summed E-state index contributed by atoms with van der Waals surface area (Å²) < 4.78 is 292. The number of aldehydes is 1. The third kappa shape index (κ3) is 129. The molecular weight excluding hydrogens is 3140 g/mol. The van der Waals surface area contributed by atoms with Gasteiger partial charge in [0.25, 0.3) is 15.2 Å². The summed E-state index contributed by atoms with van der Waals surface area (Å²) in [5.41, 5.74) is 34.3. The Balaban J connectivity index is -0.0000000841. The molecule has 0 bridgehead atoms. The maximum atomic E-state index is 12.2. The number of hydrogen-bond acceptors (Lipinski definition) is 18. The molecule has 0 fully saturated rings. The molecule has 6 aromatic rings. The van der Waals surface area contributed by atoms with Crippen LogP contribution in [0.25, 0.3) is 4.85 Å². The quantitative estimate of drug-likeness (QED) is 0.00291. The van der Waals surface area contributed by atoms with E-state index in [-0.39, 0.29) is 166 Å². The number of rotatable bonds is 30. The van der Waals surface area contributed by atoms with Crippen molar-refractivity contribution in [2.75, 3.05) is 12.4 Å². The molecule has 9 atom stereocenters. The number of hydrogen-bond donors (Lipinski definition) is 13. The van der Waals surface area contributed by atoms with Crippen molar-refractivity contribution < 1.29 is 190 Å². The van der Waals surface area contributed by atoms with Crippen LogP contribution in [0.1, 0.15) is 188 Å². The molecule has 0 radical (unpaired) electrons. The number of halogens is 33. The number of alkyl halides is 20. The summed E-state index contributed by atoms with van der Waals surface area (Å²) in [5.74, 6) is -3.63. The molecule has 6 aromatic carbocycles. The van der Waals surface area contributed by atoms with Gasteiger partial charge in [-0.05, 0) is 124 Å². The molecule has 26 nitrogen and oxygen atoms in total. The Kier molecular flexibility index (Phi) is 131. The smallest absolute Gasteiger partial charge is 1.00 e. The molecule has 844 valence electrons. The Labute approximate surface area is 988 Å². The second kappa shape index (κ2) is 104. The van der Waals surface area contributed by atoms with E-state index >= 15 is 0 Å². The average molecular weight is 3260 g/mol. The minimum Gasteiger partial charge on any atom is 1.00 e. The number of primary amides is 4. The third-order valence-corrected chi connectivity index (χ3v) is 18.1. The largest absolute Gasteiger partial charge is 1.00 e. The minimum absolute atomic E-state index is 0. The van der Waals surface area contributed by atoms with E-state index in [0.29, 0.717) is 18.3 Å². The van der Waals surface area contributed by atoms with Crippen LogP contribution in [0.4, 0.5) is 79.0 Å². The maximum absolute atomic E-state index is 12.2. The first-order valence-corrected chi connectivity index (χ1v) is 76.3. The van der Waals surface area contributed by atoms with Gasteiger partial charge in [-0.15, -0.1) is 48.0 Å². The van der Waals surface area contributed by atoms with Gasteiger partial charge < -0.3 is 56.1 Å². The van der Waals surface area contributed by atoms with Gasteiger partial charge in [-0.1, -0.05) is 182 Å². The number of aliphatic hydroxyl groups excluding tert-OH is 1. The van der Waals surface area contributed by atoms with E-state index in [1.54, 1.807) is 13.8 Å². The molecule has 2 unspecified atom stereocenters. The number of nitrogens with zero attached hydrogens (tertiary/aromatic N) is 2. The Morgan fingerprint density at radius 1 is 0.455 bits per heavy atom. The third-order valence-electron chi connectivity index (χ3n) is 14.8. The maximum Gasteiger partial charge on any atom is 1.00 e. The van der Waals surface area contributed by atoms with Gasteiger partial charge in [0.1, 0.15) is 12.3 Å². The van der Waals surface area contributed by atoms with Crippen molar-refractivity contribution >= 4 is 276 Å². The number of benzene rings is 6. The number of nitrogens with one attached hydrogen (secondary N) is 4. The van der Waals surface area contributed by atoms with Gasteiger partial charge in [-0.3, -0.25) is 43.8 Å². The van der Waals surface area contributed by atoms with Crippen molar-refractivity contribution in [2.24, 2.45) is 34.4 Å². The molecule has 0 saturated carbocycles. The predicted octanol–water partition coefficient (Wildman–Crippen LogP) is 21.2. The van der Waals surface area contributed by atoms with Gasteiger partial charge in [0.15, 0.2) is 0 Å². The minimum atomic E-state index is -4.67. The van der Waals surface area contributed by atoms with Gasteiger partial charge in [0.05, 0.1) is 46.1 Å². The van der Waals surface area contributed by atoms with Gasteiger partial charge in [0, 0.05) is 128 Å². The van der Waals surface area contributed by atoms with Crippen LogP contribution in [0, 0.1) is 18.4 Å². The van der Waals surface area contributed by atoms with Crippen LogP contribution in [0.15, 0.2) is 180 Å². The molecular formula is C81H120Cl7F18I8N12NaO14S3V-. The van der Waals surface area contributed by atoms with Gasteiger partial charge >= 0.3 is 192 Å². The summed E-state index contributed by atoms with van der Waals surface area (Å²) in [7, 11) is -6.40. The zero-order valence-corrected chi connectivity index (χ0v) is 102. The first-order chi connectivity index (χ1) is 62.8. The average Bonchev–Trinajstić information content (AvgIpc) is 0.824. The fourth-order valence-corrected chi connectivity index (χ4v) is 10.9. The van der Waals surface area contributed by atoms with E-state index in [0.717, 1.165) is 35.9 Å². The van der Waals surface area contributed by atoms with Crippen LogP contribution < -0.4 is 97.9 Å². The fraction of sp³-hybridized carbons (Fsp3) is 0.469. The molecule has 64 heteroatoms. The molecule has 0 aliphatic heterocycles. The van der Waals surface area contributed by atoms with Gasteiger partial charge in [0.2, 0.25) is 33.7 Å². The number of carbonyl (C=O) groups is 5. The summed E-state index contributed by atoms with van der Waals surface area (Å²) in [6.45, 7) is 19.0. The van der Waals surface area contributed by atoms with E-state index in [4.69, 9.17) is 127 Å². The van der Waals surface area contributed by atoms with Crippen LogP contribution >= 0.6 is 216 Å². The van der Waals surface area contributed by atoms with Crippen molar-refractivity contribution in [3.8, 4) is 0 Å². The fourth-order valence-electron chi connectivity index (χ4n) is 8.60. The van der Waals surface area contributed by atoms with Crippen LogP contribution in [0.2, 0.25) is 10.0 Å². The second-order valence-corrected chi connectivity index (χ2v) is 83.9. The molecule has 0 spiro atoms. The summed E-state index contributed by atoms with van der Waals surface area (Å²) in [6, 6.07) is 43.0. The van der Waals surface area contributed by atoms with E-state index in [9.17, 15) is 120 Å². The number of amides is 4. The zero-order chi connectivity index (χ0) is 109.